The van der Waals surface area contributed by atoms with Crippen LogP contribution in [0.15, 0.2) is 146 Å². The number of nitrogens with zero attached hydrogens (tertiary/aromatic N) is 4. The van der Waals surface area contributed by atoms with Gasteiger partial charge in [0.2, 0.25) is 0 Å². The van der Waals surface area contributed by atoms with E-state index in [-0.39, 0.29) is 10.8 Å². The van der Waals surface area contributed by atoms with Crippen molar-refractivity contribution in [3.63, 3.8) is 0 Å². The fourth-order valence-corrected chi connectivity index (χ4v) is 8.41. The van der Waals surface area contributed by atoms with Crippen molar-refractivity contribution in [3.8, 4) is 28.4 Å². The summed E-state index contributed by atoms with van der Waals surface area (Å²) < 4.78 is 9.00. The lowest BCUT2D eigenvalue weighted by Crippen LogP contribution is -2.25. The van der Waals surface area contributed by atoms with Crippen molar-refractivity contribution < 1.29 is 4.74 Å². The van der Waals surface area contributed by atoms with Crippen molar-refractivity contribution in [2.24, 2.45) is 0 Å². The van der Waals surface area contributed by atoms with E-state index < -0.39 is 0 Å². The molecule has 0 amide bonds. The average Bonchev–Trinajstić information content (AvgIpc) is 3.76. The van der Waals surface area contributed by atoms with Crippen LogP contribution in [0.2, 0.25) is 0 Å². The van der Waals surface area contributed by atoms with E-state index >= 15 is 0 Å². The summed E-state index contributed by atoms with van der Waals surface area (Å²) in [6.07, 6.45) is 2.02. The van der Waals surface area contributed by atoms with E-state index in [0.717, 1.165) is 45.0 Å². The van der Waals surface area contributed by atoms with E-state index in [1.807, 2.05) is 12.3 Å². The molecule has 0 radical (unpaired) electrons. The van der Waals surface area contributed by atoms with Crippen LogP contribution in [0.1, 0.15) is 83.6 Å². The molecule has 8 aromatic rings. The first kappa shape index (κ1) is 38.2. The van der Waals surface area contributed by atoms with Gasteiger partial charge in [-0.05, 0) is 112 Å². The molecule has 0 N–H and O–H groups in total. The van der Waals surface area contributed by atoms with Crippen LogP contribution in [-0.2, 0) is 10.8 Å². The van der Waals surface area contributed by atoms with Crippen LogP contribution in [0.3, 0.4) is 0 Å². The van der Waals surface area contributed by atoms with Gasteiger partial charge in [-0.15, -0.1) is 0 Å². The number of hydrogen-bond donors (Lipinski definition) is 0. The Hall–Kier alpha value is -6.33. The predicted octanol–water partition coefficient (Wildman–Crippen LogP) is 14.9. The number of aromatic nitrogens is 2. The third kappa shape index (κ3) is 7.13. The molecule has 0 saturated heterocycles. The topological polar surface area (TPSA) is 33.5 Å². The number of para-hydroxylation sites is 3. The third-order valence-electron chi connectivity index (χ3n) is 11.9. The quantitative estimate of drug-likeness (QED) is 0.161. The van der Waals surface area contributed by atoms with Gasteiger partial charge in [-0.1, -0.05) is 122 Å². The molecule has 3 heterocycles. The van der Waals surface area contributed by atoms with Gasteiger partial charge in [-0.25, -0.2) is 4.98 Å². The number of fused-ring (bicyclic) bond motifs is 4. The summed E-state index contributed by atoms with van der Waals surface area (Å²) in [7, 11) is 0. The van der Waals surface area contributed by atoms with Crippen LogP contribution in [0.5, 0.6) is 11.5 Å². The van der Waals surface area contributed by atoms with Crippen LogP contribution < -0.4 is 14.5 Å². The standard InChI is InChI=1S/C54H54N4O/c1-35(2)37-21-23-38(24-22-37)47-33-55-52(27-36(47)3)58-48-18-11-10-17-45(48)46-26-25-44(32-51(46)58)59-43-16-14-15-41(31-43)56-34-57(50-20-13-12-19-49(50)56)42-29-39(53(4,5)6)28-40(30-42)54(7,8)9/h10-33,35H,34H2,1-9H3. The van der Waals surface area contributed by atoms with E-state index in [9.17, 15) is 0 Å². The first-order valence-electron chi connectivity index (χ1n) is 20.9. The number of anilines is 4. The summed E-state index contributed by atoms with van der Waals surface area (Å²) in [5.41, 5.74) is 14.4. The molecule has 0 saturated carbocycles. The highest BCUT2D eigenvalue weighted by atomic mass is 16.5. The Morgan fingerprint density at radius 1 is 0.576 bits per heavy atom. The Morgan fingerprint density at radius 2 is 1.20 bits per heavy atom. The van der Waals surface area contributed by atoms with Crippen LogP contribution in [0.4, 0.5) is 22.7 Å². The molecule has 59 heavy (non-hydrogen) atoms. The van der Waals surface area contributed by atoms with E-state index in [2.05, 4.69) is 210 Å². The summed E-state index contributed by atoms with van der Waals surface area (Å²) in [6.45, 7) is 21.1. The summed E-state index contributed by atoms with van der Waals surface area (Å²) in [6, 6.07) is 50.4. The van der Waals surface area contributed by atoms with Crippen molar-refractivity contribution in [2.45, 2.75) is 79.1 Å². The van der Waals surface area contributed by atoms with E-state index in [1.54, 1.807) is 0 Å². The van der Waals surface area contributed by atoms with E-state index in [4.69, 9.17) is 9.72 Å². The molecule has 6 aromatic carbocycles. The molecule has 1 aliphatic rings. The molecule has 0 spiro atoms. The van der Waals surface area contributed by atoms with Gasteiger partial charge in [0.1, 0.15) is 24.0 Å². The zero-order valence-corrected chi connectivity index (χ0v) is 35.8. The van der Waals surface area contributed by atoms with Crippen molar-refractivity contribution in [1.82, 2.24) is 9.55 Å². The van der Waals surface area contributed by atoms with Crippen LogP contribution in [-0.4, -0.2) is 16.2 Å². The molecule has 0 unspecified atom stereocenters. The maximum Gasteiger partial charge on any atom is 0.137 e. The highest BCUT2D eigenvalue weighted by molar-refractivity contribution is 6.09. The molecule has 1 aliphatic heterocycles. The Labute approximate surface area is 349 Å². The van der Waals surface area contributed by atoms with Crippen molar-refractivity contribution in [3.05, 3.63) is 168 Å². The van der Waals surface area contributed by atoms with Crippen LogP contribution in [0, 0.1) is 6.92 Å². The van der Waals surface area contributed by atoms with Gasteiger partial charge in [0.25, 0.3) is 0 Å². The molecule has 2 aromatic heterocycles. The summed E-state index contributed by atoms with van der Waals surface area (Å²) in [5, 5.41) is 2.34. The second-order valence-electron chi connectivity index (χ2n) is 18.5. The Kier molecular flexibility index (Phi) is 9.38. The highest BCUT2D eigenvalue weighted by Crippen LogP contribution is 2.46. The number of benzene rings is 6. The first-order chi connectivity index (χ1) is 28.2. The number of aryl methyl sites for hydroxylation is 1. The molecule has 5 nitrogen and oxygen atoms in total. The molecule has 0 bridgehead atoms. The number of hydrogen-bond acceptors (Lipinski definition) is 4. The lowest BCUT2D eigenvalue weighted by molar-refractivity contribution is 0.483. The predicted molar refractivity (Wildman–Crippen MR) is 249 cm³/mol. The average molecular weight is 775 g/mol. The normalized spacial score (nSPS) is 13.2. The maximum absolute atomic E-state index is 6.73. The smallest absolute Gasteiger partial charge is 0.137 e. The molecule has 0 atom stereocenters. The van der Waals surface area contributed by atoms with Crippen molar-refractivity contribution in [1.29, 1.82) is 0 Å². The number of rotatable bonds is 7. The van der Waals surface area contributed by atoms with Gasteiger partial charge in [0.05, 0.1) is 22.4 Å². The van der Waals surface area contributed by atoms with Gasteiger partial charge >= 0.3 is 0 Å². The second-order valence-corrected chi connectivity index (χ2v) is 18.5. The Balaban J connectivity index is 1.05. The fourth-order valence-electron chi connectivity index (χ4n) is 8.41. The zero-order chi connectivity index (χ0) is 41.2. The molecular formula is C54H54N4O. The summed E-state index contributed by atoms with van der Waals surface area (Å²) >= 11 is 0. The number of ether oxygens (including phenoxy) is 1. The monoisotopic (exact) mass is 774 g/mol. The molecule has 0 aliphatic carbocycles. The fraction of sp³-hybridized carbons (Fsp3) is 0.241. The molecule has 9 rings (SSSR count). The van der Waals surface area contributed by atoms with Crippen molar-refractivity contribution >= 4 is 44.6 Å². The van der Waals surface area contributed by atoms with E-state index in [1.165, 1.54) is 50.3 Å². The summed E-state index contributed by atoms with van der Waals surface area (Å²) in [4.78, 5) is 9.92. The third-order valence-corrected chi connectivity index (χ3v) is 11.9. The van der Waals surface area contributed by atoms with Crippen LogP contribution in [0.25, 0.3) is 38.8 Å². The molecular weight excluding hydrogens is 721 g/mol. The largest absolute Gasteiger partial charge is 0.457 e. The zero-order valence-electron chi connectivity index (χ0n) is 35.8. The molecule has 0 fully saturated rings. The van der Waals surface area contributed by atoms with Crippen molar-refractivity contribution in [2.75, 3.05) is 16.5 Å². The minimum absolute atomic E-state index is 0.0263. The molecule has 296 valence electrons. The summed E-state index contributed by atoms with van der Waals surface area (Å²) in [5.74, 6) is 2.94. The Bertz CT molecular complexity index is 2820. The lowest BCUT2D eigenvalue weighted by atomic mass is 9.80. The SMILES string of the molecule is Cc1cc(-n2c3ccccc3c3ccc(Oc4cccc(N5CN(c6cc(C(C)(C)C)cc(C(C)(C)C)c6)c6ccccc65)c4)cc32)ncc1-c1ccc(C(C)C)cc1. The maximum atomic E-state index is 6.73. The van der Waals surface area contributed by atoms with Gasteiger partial charge < -0.3 is 14.5 Å². The second kappa shape index (κ2) is 14.5. The lowest BCUT2D eigenvalue weighted by Gasteiger charge is -2.29. The Morgan fingerprint density at radius 3 is 1.86 bits per heavy atom. The van der Waals surface area contributed by atoms with Gasteiger partial charge in [0.15, 0.2) is 0 Å². The minimum atomic E-state index is 0.0263. The first-order valence-corrected chi connectivity index (χ1v) is 20.9. The van der Waals surface area contributed by atoms with E-state index in [0.29, 0.717) is 12.6 Å². The van der Waals surface area contributed by atoms with Gasteiger partial charge in [-0.2, -0.15) is 0 Å². The number of pyridine rings is 1. The highest BCUT2D eigenvalue weighted by Gasteiger charge is 2.30. The van der Waals surface area contributed by atoms with Gasteiger partial charge in [-0.3, -0.25) is 4.57 Å². The minimum Gasteiger partial charge on any atom is -0.457 e. The van der Waals surface area contributed by atoms with Crippen LogP contribution >= 0.6 is 0 Å². The molecule has 5 heteroatoms. The van der Waals surface area contributed by atoms with Gasteiger partial charge in [0, 0.05) is 46.0 Å².